The summed E-state index contributed by atoms with van der Waals surface area (Å²) in [6, 6.07) is 10.9. The van der Waals surface area contributed by atoms with E-state index in [1.54, 1.807) is 24.5 Å². The Morgan fingerprint density at radius 3 is 3.00 bits per heavy atom. The maximum atomic E-state index is 12.5. The third-order valence-electron chi connectivity index (χ3n) is 4.04. The summed E-state index contributed by atoms with van der Waals surface area (Å²) < 4.78 is 5.59. The number of nitrogens with zero attached hydrogens (tertiary/aromatic N) is 3. The van der Waals surface area contributed by atoms with E-state index in [0.717, 1.165) is 11.3 Å². The van der Waals surface area contributed by atoms with Crippen LogP contribution in [-0.4, -0.2) is 34.9 Å². The van der Waals surface area contributed by atoms with Crippen molar-refractivity contribution in [3.63, 3.8) is 0 Å². The average Bonchev–Trinajstić information content (AvgIpc) is 3.09. The monoisotopic (exact) mass is 380 g/mol. The summed E-state index contributed by atoms with van der Waals surface area (Å²) >= 11 is 1.33. The molecule has 0 spiro atoms. The number of hydrogen-bond acceptors (Lipinski definition) is 6. The second-order valence-corrected chi connectivity index (χ2v) is 6.73. The van der Waals surface area contributed by atoms with Crippen LogP contribution in [0.5, 0.6) is 5.75 Å². The van der Waals surface area contributed by atoms with E-state index in [4.69, 9.17) is 4.74 Å². The highest BCUT2D eigenvalue weighted by Gasteiger charge is 2.25. The summed E-state index contributed by atoms with van der Waals surface area (Å²) in [6.07, 6.45) is 3.64. The molecule has 2 aromatic heterocycles. The van der Waals surface area contributed by atoms with Crippen molar-refractivity contribution in [2.45, 2.75) is 6.42 Å². The van der Waals surface area contributed by atoms with E-state index in [1.807, 2.05) is 29.6 Å². The standard InChI is InChI=1S/C19H16N4O3S/c24-17(22-19-21-14(12-27-19)13-4-3-8-20-10-13)11-23-15-5-1-2-6-16(15)26-9-7-18(23)25/h1-6,8,10,12H,7,9,11H2,(H,21,22,24). The number of carbonyl (C=O) groups is 2. The molecule has 3 aromatic rings. The van der Waals surface area contributed by atoms with Crippen LogP contribution in [0.15, 0.2) is 54.2 Å². The molecule has 1 aromatic carbocycles. The van der Waals surface area contributed by atoms with Crippen LogP contribution in [0.2, 0.25) is 0 Å². The van der Waals surface area contributed by atoms with Crippen molar-refractivity contribution >= 4 is 34.0 Å². The number of hydrogen-bond donors (Lipinski definition) is 1. The van der Waals surface area contributed by atoms with Gasteiger partial charge in [-0.25, -0.2) is 4.98 Å². The van der Waals surface area contributed by atoms with E-state index in [2.05, 4.69) is 15.3 Å². The SMILES string of the molecule is O=C(CN1C(=O)CCOc2ccccc21)Nc1nc(-c2cccnc2)cs1. The molecule has 0 aliphatic carbocycles. The minimum absolute atomic E-state index is 0.0962. The number of aromatic nitrogens is 2. The number of pyridine rings is 1. The van der Waals surface area contributed by atoms with Crippen molar-refractivity contribution in [2.75, 3.05) is 23.4 Å². The number of thiazole rings is 1. The molecular weight excluding hydrogens is 364 g/mol. The molecule has 27 heavy (non-hydrogen) atoms. The van der Waals surface area contributed by atoms with Crippen LogP contribution in [0, 0.1) is 0 Å². The van der Waals surface area contributed by atoms with Gasteiger partial charge in [0.25, 0.3) is 0 Å². The fraction of sp³-hybridized carbons (Fsp3) is 0.158. The van der Waals surface area contributed by atoms with Gasteiger partial charge in [-0.05, 0) is 24.3 Å². The second kappa shape index (κ2) is 7.55. The van der Waals surface area contributed by atoms with E-state index < -0.39 is 0 Å². The number of amides is 2. The molecule has 0 atom stereocenters. The molecule has 0 bridgehead atoms. The Hall–Kier alpha value is -3.26. The van der Waals surface area contributed by atoms with Gasteiger partial charge in [0.05, 0.1) is 24.4 Å². The van der Waals surface area contributed by atoms with Crippen LogP contribution in [-0.2, 0) is 9.59 Å². The van der Waals surface area contributed by atoms with Crippen molar-refractivity contribution in [3.8, 4) is 17.0 Å². The van der Waals surface area contributed by atoms with Crippen LogP contribution in [0.25, 0.3) is 11.3 Å². The fourth-order valence-electron chi connectivity index (χ4n) is 2.77. The molecule has 0 saturated heterocycles. The first-order valence-corrected chi connectivity index (χ1v) is 9.26. The van der Waals surface area contributed by atoms with Crippen molar-refractivity contribution in [2.24, 2.45) is 0 Å². The van der Waals surface area contributed by atoms with Gasteiger partial charge in [0.15, 0.2) is 5.13 Å². The Labute approximate surface area is 159 Å². The van der Waals surface area contributed by atoms with Crippen LogP contribution in [0.3, 0.4) is 0 Å². The fourth-order valence-corrected chi connectivity index (χ4v) is 3.51. The molecule has 0 radical (unpaired) electrons. The third kappa shape index (κ3) is 3.80. The minimum atomic E-state index is -0.313. The van der Waals surface area contributed by atoms with Gasteiger partial charge in [0.2, 0.25) is 11.8 Å². The molecule has 0 saturated carbocycles. The van der Waals surface area contributed by atoms with E-state index >= 15 is 0 Å². The maximum absolute atomic E-state index is 12.5. The Bertz CT molecular complexity index is 974. The Kier molecular flexibility index (Phi) is 4.80. The van der Waals surface area contributed by atoms with Crippen molar-refractivity contribution < 1.29 is 14.3 Å². The van der Waals surface area contributed by atoms with Gasteiger partial charge in [-0.2, -0.15) is 0 Å². The lowest BCUT2D eigenvalue weighted by molar-refractivity contribution is -0.121. The number of anilines is 2. The van der Waals surface area contributed by atoms with Crippen molar-refractivity contribution in [1.29, 1.82) is 0 Å². The number of benzene rings is 1. The van der Waals surface area contributed by atoms with Gasteiger partial charge in [0, 0.05) is 23.3 Å². The Morgan fingerprint density at radius 1 is 1.26 bits per heavy atom. The highest BCUT2D eigenvalue weighted by molar-refractivity contribution is 7.14. The minimum Gasteiger partial charge on any atom is -0.491 e. The molecular formula is C19H16N4O3S. The number of para-hydroxylation sites is 2. The molecule has 3 heterocycles. The van der Waals surface area contributed by atoms with Gasteiger partial charge in [-0.15, -0.1) is 11.3 Å². The summed E-state index contributed by atoms with van der Waals surface area (Å²) in [7, 11) is 0. The van der Waals surface area contributed by atoms with Gasteiger partial charge in [-0.3, -0.25) is 19.5 Å². The summed E-state index contributed by atoms with van der Waals surface area (Å²) in [5, 5.41) is 5.10. The molecule has 4 rings (SSSR count). The molecule has 2 amide bonds. The zero-order chi connectivity index (χ0) is 18.6. The predicted molar refractivity (Wildman–Crippen MR) is 103 cm³/mol. The predicted octanol–water partition coefficient (Wildman–Crippen LogP) is 2.96. The summed E-state index contributed by atoms with van der Waals surface area (Å²) in [4.78, 5) is 34.8. The highest BCUT2D eigenvalue weighted by Crippen LogP contribution is 2.31. The first kappa shape index (κ1) is 17.2. The molecule has 1 aliphatic heterocycles. The second-order valence-electron chi connectivity index (χ2n) is 5.87. The topological polar surface area (TPSA) is 84.4 Å². The van der Waals surface area contributed by atoms with E-state index in [1.165, 1.54) is 16.2 Å². The largest absolute Gasteiger partial charge is 0.491 e. The lowest BCUT2D eigenvalue weighted by Crippen LogP contribution is -2.37. The molecule has 136 valence electrons. The number of nitrogens with one attached hydrogen (secondary N) is 1. The molecule has 8 heteroatoms. The lowest BCUT2D eigenvalue weighted by atomic mass is 10.2. The molecule has 7 nitrogen and oxygen atoms in total. The summed E-state index contributed by atoms with van der Waals surface area (Å²) in [5.74, 6) is 0.140. The molecule has 0 unspecified atom stereocenters. The number of rotatable bonds is 4. The highest BCUT2D eigenvalue weighted by atomic mass is 32.1. The average molecular weight is 380 g/mol. The van der Waals surface area contributed by atoms with Gasteiger partial charge < -0.3 is 10.1 Å². The normalized spacial score (nSPS) is 13.5. The van der Waals surface area contributed by atoms with E-state index in [-0.39, 0.29) is 24.8 Å². The number of fused-ring (bicyclic) bond motifs is 1. The third-order valence-corrected chi connectivity index (χ3v) is 4.80. The van der Waals surface area contributed by atoms with Gasteiger partial charge in [0.1, 0.15) is 12.3 Å². The van der Waals surface area contributed by atoms with Gasteiger partial charge in [-0.1, -0.05) is 12.1 Å². The van der Waals surface area contributed by atoms with Crippen LogP contribution < -0.4 is 15.0 Å². The lowest BCUT2D eigenvalue weighted by Gasteiger charge is -2.20. The first-order chi connectivity index (χ1) is 13.2. The number of carbonyl (C=O) groups excluding carboxylic acids is 2. The summed E-state index contributed by atoms with van der Waals surface area (Å²) in [5.41, 5.74) is 2.22. The quantitative estimate of drug-likeness (QED) is 0.752. The van der Waals surface area contributed by atoms with Gasteiger partial charge >= 0.3 is 0 Å². The van der Waals surface area contributed by atoms with E-state index in [9.17, 15) is 9.59 Å². The Balaban J connectivity index is 1.48. The molecule has 1 N–H and O–H groups in total. The zero-order valence-electron chi connectivity index (χ0n) is 14.3. The molecule has 0 fully saturated rings. The first-order valence-electron chi connectivity index (χ1n) is 8.39. The maximum Gasteiger partial charge on any atom is 0.246 e. The van der Waals surface area contributed by atoms with Crippen LogP contribution >= 0.6 is 11.3 Å². The smallest absolute Gasteiger partial charge is 0.246 e. The summed E-state index contributed by atoms with van der Waals surface area (Å²) in [6.45, 7) is 0.204. The van der Waals surface area contributed by atoms with Crippen molar-refractivity contribution in [3.05, 3.63) is 54.2 Å². The van der Waals surface area contributed by atoms with Crippen LogP contribution in [0.4, 0.5) is 10.8 Å². The molecule has 1 aliphatic rings. The van der Waals surface area contributed by atoms with Crippen molar-refractivity contribution in [1.82, 2.24) is 9.97 Å². The van der Waals surface area contributed by atoms with Crippen LogP contribution in [0.1, 0.15) is 6.42 Å². The number of ether oxygens (including phenoxy) is 1. The zero-order valence-corrected chi connectivity index (χ0v) is 15.1. The van der Waals surface area contributed by atoms with E-state index in [0.29, 0.717) is 23.2 Å². The Morgan fingerprint density at radius 2 is 2.15 bits per heavy atom.